The van der Waals surface area contributed by atoms with Crippen LogP contribution < -0.4 is 5.32 Å². The number of aliphatic hydroxyl groups is 1. The van der Waals surface area contributed by atoms with Crippen LogP contribution in [0.2, 0.25) is 0 Å². The van der Waals surface area contributed by atoms with Crippen LogP contribution in [0.5, 0.6) is 0 Å². The van der Waals surface area contributed by atoms with E-state index in [1.165, 1.54) is 0 Å². The standard InChI is InChI=1S/C43H71N2O6P/c1-6-8-10-12-14-16-18-19-20-21-22-23-24-25-27-29-31-33-35-37-43(47)44-41(40-51-52(48,49)50-39-38-45(3,4)5)42(46)36-34-32-30-28-26-17-15-13-11-9-7-2/h8,10-11,13-14,16,19-20,22-23,25-28,31,33-34,36,41-42,46H,6-7,9,12,15,17-18,21,24,29-30,32,35,37-40H2,1-5H3,(H-,44,47,48,49)/p+1/b10-8-,13-11+,16-14-,20-19-,23-22-,27-25-,28-26+,33-31-,36-34+. The topological polar surface area (TPSA) is 105 Å². The average Bonchev–Trinajstić information content (AvgIpc) is 3.09. The van der Waals surface area contributed by atoms with Gasteiger partial charge in [0.2, 0.25) is 5.91 Å². The van der Waals surface area contributed by atoms with Crippen molar-refractivity contribution in [2.45, 2.75) is 116 Å². The lowest BCUT2D eigenvalue weighted by Gasteiger charge is -2.25. The number of carbonyl (C=O) groups excluding carboxylic acids is 1. The van der Waals surface area contributed by atoms with Crippen LogP contribution in [0.3, 0.4) is 0 Å². The summed E-state index contributed by atoms with van der Waals surface area (Å²) in [4.78, 5) is 22.9. The van der Waals surface area contributed by atoms with Crippen LogP contribution >= 0.6 is 7.82 Å². The largest absolute Gasteiger partial charge is 0.472 e. The molecular formula is C43H72N2O6P+. The molecule has 9 heteroatoms. The van der Waals surface area contributed by atoms with Crippen molar-refractivity contribution in [3.8, 4) is 0 Å². The molecule has 0 aliphatic heterocycles. The van der Waals surface area contributed by atoms with E-state index in [4.69, 9.17) is 9.05 Å². The first kappa shape index (κ1) is 49.2. The molecule has 294 valence electrons. The van der Waals surface area contributed by atoms with Crippen LogP contribution in [0, 0.1) is 0 Å². The number of allylic oxidation sites excluding steroid dienone is 17. The maximum atomic E-state index is 12.8. The van der Waals surface area contributed by atoms with E-state index < -0.39 is 20.0 Å². The van der Waals surface area contributed by atoms with Crippen molar-refractivity contribution in [3.05, 3.63) is 109 Å². The number of aliphatic hydroxyl groups excluding tert-OH is 1. The Morgan fingerprint density at radius 2 is 1.10 bits per heavy atom. The highest BCUT2D eigenvalue weighted by Gasteiger charge is 2.27. The van der Waals surface area contributed by atoms with Gasteiger partial charge in [0.1, 0.15) is 13.2 Å². The molecule has 0 saturated heterocycles. The molecule has 0 heterocycles. The molecule has 0 saturated carbocycles. The van der Waals surface area contributed by atoms with Gasteiger partial charge in [0.15, 0.2) is 0 Å². The minimum absolute atomic E-state index is 0.0330. The first-order valence-electron chi connectivity index (χ1n) is 19.3. The summed E-state index contributed by atoms with van der Waals surface area (Å²) in [7, 11) is 1.47. The third-order valence-corrected chi connectivity index (χ3v) is 8.43. The van der Waals surface area contributed by atoms with E-state index in [1.807, 2.05) is 39.4 Å². The minimum atomic E-state index is -4.37. The lowest BCUT2D eigenvalue weighted by atomic mass is 10.1. The van der Waals surface area contributed by atoms with Crippen LogP contribution in [-0.2, 0) is 18.4 Å². The molecule has 0 aliphatic carbocycles. The van der Waals surface area contributed by atoms with Crippen molar-refractivity contribution < 1.29 is 32.9 Å². The number of unbranched alkanes of at least 4 members (excludes halogenated alkanes) is 3. The van der Waals surface area contributed by atoms with Gasteiger partial charge in [0.25, 0.3) is 0 Å². The second-order valence-electron chi connectivity index (χ2n) is 13.5. The van der Waals surface area contributed by atoms with Gasteiger partial charge in [-0.15, -0.1) is 0 Å². The molecule has 0 aliphatic rings. The summed E-state index contributed by atoms with van der Waals surface area (Å²) in [6.45, 7) is 4.48. The molecule has 0 fully saturated rings. The molecule has 3 atom stereocenters. The first-order chi connectivity index (χ1) is 25.0. The van der Waals surface area contributed by atoms with Crippen LogP contribution in [0.15, 0.2) is 109 Å². The van der Waals surface area contributed by atoms with Crippen molar-refractivity contribution in [1.82, 2.24) is 5.32 Å². The van der Waals surface area contributed by atoms with E-state index >= 15 is 0 Å². The Morgan fingerprint density at radius 3 is 1.58 bits per heavy atom. The van der Waals surface area contributed by atoms with Gasteiger partial charge in [-0.3, -0.25) is 13.8 Å². The number of quaternary nitrogens is 1. The Kier molecular flexibility index (Phi) is 32.1. The molecule has 0 spiro atoms. The fourth-order valence-corrected chi connectivity index (χ4v) is 5.13. The lowest BCUT2D eigenvalue weighted by Crippen LogP contribution is -2.45. The van der Waals surface area contributed by atoms with E-state index in [-0.39, 0.29) is 25.5 Å². The second-order valence-corrected chi connectivity index (χ2v) is 15.0. The monoisotopic (exact) mass is 744 g/mol. The number of carbonyl (C=O) groups is 1. The Morgan fingerprint density at radius 1 is 0.654 bits per heavy atom. The molecule has 3 unspecified atom stereocenters. The third-order valence-electron chi connectivity index (χ3n) is 7.45. The molecule has 1 amide bonds. The van der Waals surface area contributed by atoms with E-state index in [1.54, 1.807) is 6.08 Å². The van der Waals surface area contributed by atoms with Crippen LogP contribution in [0.1, 0.15) is 104 Å². The first-order valence-corrected chi connectivity index (χ1v) is 20.8. The highest BCUT2D eigenvalue weighted by Crippen LogP contribution is 2.43. The highest BCUT2D eigenvalue weighted by molar-refractivity contribution is 7.47. The fourth-order valence-electron chi connectivity index (χ4n) is 4.39. The zero-order chi connectivity index (χ0) is 38.6. The maximum absolute atomic E-state index is 12.8. The number of nitrogens with zero attached hydrogens (tertiary/aromatic N) is 1. The summed E-state index contributed by atoms with van der Waals surface area (Å²) in [6.07, 6.45) is 48.9. The van der Waals surface area contributed by atoms with Gasteiger partial charge < -0.3 is 19.8 Å². The van der Waals surface area contributed by atoms with Crippen molar-refractivity contribution in [2.75, 3.05) is 40.9 Å². The molecule has 0 aromatic rings. The summed E-state index contributed by atoms with van der Waals surface area (Å²) in [5.41, 5.74) is 0. The van der Waals surface area contributed by atoms with E-state index in [0.717, 1.165) is 77.0 Å². The fraction of sp³-hybridized carbons (Fsp3) is 0.558. The number of rotatable bonds is 32. The van der Waals surface area contributed by atoms with Crippen molar-refractivity contribution in [2.24, 2.45) is 0 Å². The molecule has 52 heavy (non-hydrogen) atoms. The number of hydrogen-bond acceptors (Lipinski definition) is 5. The zero-order valence-corrected chi connectivity index (χ0v) is 33.9. The Hall–Kier alpha value is -2.84. The van der Waals surface area contributed by atoms with Gasteiger partial charge >= 0.3 is 7.82 Å². The summed E-state index contributed by atoms with van der Waals surface area (Å²) in [5.74, 6) is -0.282. The minimum Gasteiger partial charge on any atom is -0.387 e. The summed E-state index contributed by atoms with van der Waals surface area (Å²) >= 11 is 0. The van der Waals surface area contributed by atoms with E-state index in [9.17, 15) is 19.4 Å². The summed E-state index contributed by atoms with van der Waals surface area (Å²) in [6, 6.07) is -0.915. The Bertz CT molecular complexity index is 1210. The molecule has 8 nitrogen and oxygen atoms in total. The van der Waals surface area contributed by atoms with Crippen molar-refractivity contribution in [3.63, 3.8) is 0 Å². The van der Waals surface area contributed by atoms with Gasteiger partial charge in [0.05, 0.1) is 39.9 Å². The van der Waals surface area contributed by atoms with Crippen LogP contribution in [-0.4, -0.2) is 73.4 Å². The molecular weight excluding hydrogens is 671 g/mol. The SMILES string of the molecule is CC/C=C\C/C=C\C/C=C\C/C=C\C/C=C\C/C=C\CCC(=O)NC(COP(=O)(O)OCC[N+](C)(C)C)C(O)/C=C/CC/C=C/CC/C=C/CCC. The quantitative estimate of drug-likeness (QED) is 0.0274. The number of phosphoric acid groups is 1. The molecule has 0 rings (SSSR count). The zero-order valence-electron chi connectivity index (χ0n) is 33.0. The van der Waals surface area contributed by atoms with E-state index in [0.29, 0.717) is 17.4 Å². The lowest BCUT2D eigenvalue weighted by molar-refractivity contribution is -0.870. The van der Waals surface area contributed by atoms with Crippen molar-refractivity contribution in [1.29, 1.82) is 0 Å². The Balaban J connectivity index is 4.71. The third kappa shape index (κ3) is 35.6. The summed E-state index contributed by atoms with van der Waals surface area (Å²) in [5, 5.41) is 13.6. The molecule has 0 aromatic carbocycles. The van der Waals surface area contributed by atoms with E-state index in [2.05, 4.69) is 104 Å². The Labute approximate surface area is 317 Å². The number of nitrogens with one attached hydrogen (secondary N) is 1. The van der Waals surface area contributed by atoms with Crippen LogP contribution in [0.25, 0.3) is 0 Å². The molecule has 3 N–H and O–H groups in total. The summed E-state index contributed by atoms with van der Waals surface area (Å²) < 4.78 is 23.4. The number of likely N-dealkylation sites (N-methyl/N-ethyl adjacent to an activating group) is 1. The van der Waals surface area contributed by atoms with Gasteiger partial charge in [-0.2, -0.15) is 0 Å². The van der Waals surface area contributed by atoms with Crippen LogP contribution in [0.4, 0.5) is 0 Å². The predicted molar refractivity (Wildman–Crippen MR) is 221 cm³/mol. The number of amides is 1. The molecule has 0 aromatic heterocycles. The average molecular weight is 744 g/mol. The molecule has 0 radical (unpaired) electrons. The smallest absolute Gasteiger partial charge is 0.387 e. The maximum Gasteiger partial charge on any atom is 0.472 e. The van der Waals surface area contributed by atoms with Gasteiger partial charge in [-0.05, 0) is 77.0 Å². The van der Waals surface area contributed by atoms with Gasteiger partial charge in [-0.25, -0.2) is 4.57 Å². The number of phosphoric ester groups is 1. The normalized spacial score (nSPS) is 15.8. The number of hydrogen-bond donors (Lipinski definition) is 3. The molecule has 0 bridgehead atoms. The van der Waals surface area contributed by atoms with Gasteiger partial charge in [-0.1, -0.05) is 130 Å². The second kappa shape index (κ2) is 34.0. The van der Waals surface area contributed by atoms with Gasteiger partial charge in [0, 0.05) is 6.42 Å². The highest BCUT2D eigenvalue weighted by atomic mass is 31.2. The van der Waals surface area contributed by atoms with Crippen molar-refractivity contribution >= 4 is 13.7 Å². The predicted octanol–water partition coefficient (Wildman–Crippen LogP) is 10.2.